The number of carbonyl (C=O) groups is 1. The molecule has 0 saturated heterocycles. The summed E-state index contributed by atoms with van der Waals surface area (Å²) in [5, 5.41) is 3.05. The van der Waals surface area contributed by atoms with Crippen molar-refractivity contribution in [2.75, 3.05) is 13.1 Å². The number of rotatable bonds is 6. The van der Waals surface area contributed by atoms with Gasteiger partial charge >= 0.3 is 0 Å². The van der Waals surface area contributed by atoms with Gasteiger partial charge < -0.3 is 11.1 Å². The van der Waals surface area contributed by atoms with Gasteiger partial charge in [0.15, 0.2) is 0 Å². The average molecular weight is 278 g/mol. The van der Waals surface area contributed by atoms with Gasteiger partial charge in [0.05, 0.1) is 0 Å². The van der Waals surface area contributed by atoms with Crippen molar-refractivity contribution in [3.05, 3.63) is 30.3 Å². The van der Waals surface area contributed by atoms with Gasteiger partial charge in [-0.25, -0.2) is 0 Å². The normalized spacial score (nSPS) is 17.3. The molecule has 0 aliphatic heterocycles. The van der Waals surface area contributed by atoms with Crippen LogP contribution in [0.2, 0.25) is 0 Å². The quantitative estimate of drug-likeness (QED) is 0.841. The maximum atomic E-state index is 11.6. The van der Waals surface area contributed by atoms with E-state index in [0.717, 1.165) is 6.54 Å². The molecule has 1 aliphatic rings. The number of benzene rings is 1. The molecule has 1 fully saturated rings. The lowest BCUT2D eigenvalue weighted by Crippen LogP contribution is -2.39. The molecular formula is C15H22N2OS. The predicted molar refractivity (Wildman–Crippen MR) is 80.2 cm³/mol. The van der Waals surface area contributed by atoms with Crippen molar-refractivity contribution < 1.29 is 4.79 Å². The van der Waals surface area contributed by atoms with Crippen LogP contribution in [0.5, 0.6) is 0 Å². The molecule has 1 saturated carbocycles. The molecule has 0 aromatic heterocycles. The fourth-order valence-corrected chi connectivity index (χ4v) is 3.98. The van der Waals surface area contributed by atoms with Gasteiger partial charge in [-0.05, 0) is 25.0 Å². The maximum absolute atomic E-state index is 11.6. The minimum Gasteiger partial charge on any atom is -0.355 e. The second kappa shape index (κ2) is 6.96. The van der Waals surface area contributed by atoms with E-state index in [-0.39, 0.29) is 10.7 Å². The van der Waals surface area contributed by atoms with Gasteiger partial charge in [0.1, 0.15) is 0 Å². The first kappa shape index (κ1) is 14.4. The number of carbonyl (C=O) groups excluding carboxylic acids is 1. The first-order valence-corrected chi connectivity index (χ1v) is 7.77. The zero-order chi connectivity index (χ0) is 13.6. The largest absolute Gasteiger partial charge is 0.355 e. The van der Waals surface area contributed by atoms with Crippen molar-refractivity contribution in [2.24, 2.45) is 5.73 Å². The number of nitrogens with two attached hydrogens (primary N) is 1. The third-order valence-corrected chi connectivity index (χ3v) is 5.06. The number of hydrogen-bond donors (Lipinski definition) is 2. The molecule has 104 valence electrons. The van der Waals surface area contributed by atoms with Crippen molar-refractivity contribution in [2.45, 2.75) is 41.7 Å². The van der Waals surface area contributed by atoms with Gasteiger partial charge in [0.2, 0.25) is 5.91 Å². The fourth-order valence-electron chi connectivity index (χ4n) is 2.55. The molecule has 1 aromatic carbocycles. The Labute approximate surface area is 119 Å². The Morgan fingerprint density at radius 1 is 1.26 bits per heavy atom. The minimum absolute atomic E-state index is 0.0717. The zero-order valence-electron chi connectivity index (χ0n) is 11.2. The van der Waals surface area contributed by atoms with Crippen LogP contribution in [-0.2, 0) is 4.79 Å². The van der Waals surface area contributed by atoms with Crippen LogP contribution in [0.3, 0.4) is 0 Å². The van der Waals surface area contributed by atoms with Crippen LogP contribution in [0.25, 0.3) is 0 Å². The Morgan fingerprint density at radius 2 is 1.95 bits per heavy atom. The highest BCUT2D eigenvalue weighted by atomic mass is 32.2. The van der Waals surface area contributed by atoms with Gasteiger partial charge in [-0.15, -0.1) is 11.8 Å². The van der Waals surface area contributed by atoms with E-state index in [1.54, 1.807) is 0 Å². The van der Waals surface area contributed by atoms with Crippen molar-refractivity contribution in [1.29, 1.82) is 0 Å². The summed E-state index contributed by atoms with van der Waals surface area (Å²) in [7, 11) is 0. The molecule has 19 heavy (non-hydrogen) atoms. The number of hydrogen-bond acceptors (Lipinski definition) is 3. The Hall–Kier alpha value is -1.00. The van der Waals surface area contributed by atoms with Crippen molar-refractivity contribution >= 4 is 17.7 Å². The number of thioether (sulfide) groups is 1. The van der Waals surface area contributed by atoms with E-state index in [9.17, 15) is 4.79 Å². The Morgan fingerprint density at radius 3 is 2.58 bits per heavy atom. The lowest BCUT2D eigenvalue weighted by molar-refractivity contribution is -0.121. The standard InChI is InChI=1S/C15H22N2OS/c16-11-8-14(18)17-12-15(9-4-5-10-15)19-13-6-2-1-3-7-13/h1-3,6-7H,4-5,8-12,16H2,(H,17,18). The smallest absolute Gasteiger partial charge is 0.221 e. The van der Waals surface area contributed by atoms with Crippen LogP contribution in [0, 0.1) is 0 Å². The van der Waals surface area contributed by atoms with Crippen molar-refractivity contribution in [3.8, 4) is 0 Å². The molecule has 0 atom stereocenters. The summed E-state index contributed by atoms with van der Waals surface area (Å²) in [5.41, 5.74) is 5.40. The van der Waals surface area contributed by atoms with Crippen LogP contribution >= 0.6 is 11.8 Å². The van der Waals surface area contributed by atoms with Crippen LogP contribution in [0.1, 0.15) is 32.1 Å². The first-order chi connectivity index (χ1) is 9.24. The molecule has 1 amide bonds. The highest BCUT2D eigenvalue weighted by Gasteiger charge is 2.35. The van der Waals surface area contributed by atoms with Crippen molar-refractivity contribution in [3.63, 3.8) is 0 Å². The summed E-state index contributed by atoms with van der Waals surface area (Å²) >= 11 is 1.91. The summed E-state index contributed by atoms with van der Waals surface area (Å²) in [4.78, 5) is 12.9. The molecule has 3 nitrogen and oxygen atoms in total. The summed E-state index contributed by atoms with van der Waals surface area (Å²) in [6.45, 7) is 1.18. The lowest BCUT2D eigenvalue weighted by atomic mass is 10.1. The summed E-state index contributed by atoms with van der Waals surface area (Å²) in [6, 6.07) is 10.5. The van der Waals surface area contributed by atoms with E-state index < -0.39 is 0 Å². The SMILES string of the molecule is NCCC(=O)NCC1(Sc2ccccc2)CCCC1. The molecule has 3 N–H and O–H groups in total. The summed E-state index contributed by atoms with van der Waals surface area (Å²) in [5.74, 6) is 0.0717. The number of amides is 1. The molecule has 4 heteroatoms. The van der Waals surface area contributed by atoms with E-state index in [4.69, 9.17) is 5.73 Å². The van der Waals surface area contributed by atoms with Gasteiger partial charge in [-0.1, -0.05) is 31.0 Å². The van der Waals surface area contributed by atoms with Gasteiger partial charge in [-0.3, -0.25) is 4.79 Å². The second-order valence-corrected chi connectivity index (χ2v) is 6.66. The van der Waals surface area contributed by atoms with E-state index in [0.29, 0.717) is 13.0 Å². The molecular weight excluding hydrogens is 256 g/mol. The molecule has 0 bridgehead atoms. The molecule has 1 aliphatic carbocycles. The number of nitrogens with one attached hydrogen (secondary N) is 1. The molecule has 0 unspecified atom stereocenters. The first-order valence-electron chi connectivity index (χ1n) is 6.95. The van der Waals surface area contributed by atoms with Gasteiger partial charge in [0, 0.05) is 29.2 Å². The average Bonchev–Trinajstić information content (AvgIpc) is 2.87. The molecule has 1 aromatic rings. The summed E-state index contributed by atoms with van der Waals surface area (Å²) < 4.78 is 0.172. The van der Waals surface area contributed by atoms with Crippen LogP contribution in [0.4, 0.5) is 0 Å². The van der Waals surface area contributed by atoms with Crippen LogP contribution < -0.4 is 11.1 Å². The highest BCUT2D eigenvalue weighted by Crippen LogP contribution is 2.44. The van der Waals surface area contributed by atoms with Gasteiger partial charge in [0.25, 0.3) is 0 Å². The third-order valence-electron chi connectivity index (χ3n) is 3.57. The minimum atomic E-state index is 0.0717. The summed E-state index contributed by atoms with van der Waals surface area (Å²) in [6.07, 6.45) is 5.29. The van der Waals surface area contributed by atoms with Gasteiger partial charge in [-0.2, -0.15) is 0 Å². The fraction of sp³-hybridized carbons (Fsp3) is 0.533. The monoisotopic (exact) mass is 278 g/mol. The Balaban J connectivity index is 1.96. The highest BCUT2D eigenvalue weighted by molar-refractivity contribution is 8.00. The molecule has 2 rings (SSSR count). The molecule has 0 radical (unpaired) electrons. The lowest BCUT2D eigenvalue weighted by Gasteiger charge is -2.28. The van der Waals surface area contributed by atoms with Crippen LogP contribution in [-0.4, -0.2) is 23.7 Å². The van der Waals surface area contributed by atoms with E-state index >= 15 is 0 Å². The third kappa shape index (κ3) is 4.25. The topological polar surface area (TPSA) is 55.1 Å². The van der Waals surface area contributed by atoms with E-state index in [1.165, 1.54) is 30.6 Å². The maximum Gasteiger partial charge on any atom is 0.221 e. The van der Waals surface area contributed by atoms with Crippen LogP contribution in [0.15, 0.2) is 35.2 Å². The zero-order valence-corrected chi connectivity index (χ0v) is 12.0. The Kier molecular flexibility index (Phi) is 5.28. The molecule has 0 heterocycles. The second-order valence-electron chi connectivity index (χ2n) is 5.12. The van der Waals surface area contributed by atoms with Crippen molar-refractivity contribution in [1.82, 2.24) is 5.32 Å². The van der Waals surface area contributed by atoms with E-state index in [2.05, 4.69) is 29.6 Å². The predicted octanol–water partition coefficient (Wildman–Crippen LogP) is 2.56. The molecule has 0 spiro atoms. The Bertz CT molecular complexity index is 402. The van der Waals surface area contributed by atoms with E-state index in [1.807, 2.05) is 17.8 Å².